The van der Waals surface area contributed by atoms with Crippen molar-refractivity contribution in [1.29, 1.82) is 0 Å². The number of thiocarbonyl (C=S) groups is 1. The average molecular weight is 324 g/mol. The smallest absolute Gasteiger partial charge is 0.186 e. The molecule has 0 aliphatic rings. The molecule has 0 aliphatic heterocycles. The van der Waals surface area contributed by atoms with E-state index in [-0.39, 0.29) is 0 Å². The third-order valence-electron chi connectivity index (χ3n) is 2.93. The minimum Gasteiger partial charge on any atom is -0.361 e. The molecule has 0 aliphatic carbocycles. The summed E-state index contributed by atoms with van der Waals surface area (Å²) >= 11 is 11.1. The lowest BCUT2D eigenvalue weighted by molar-refractivity contribution is 0.744. The highest BCUT2D eigenvalue weighted by Crippen LogP contribution is 2.17. The average Bonchev–Trinajstić information content (AvgIpc) is 2.88. The van der Waals surface area contributed by atoms with E-state index < -0.39 is 0 Å². The van der Waals surface area contributed by atoms with Crippen LogP contribution in [0.3, 0.4) is 0 Å². The third-order valence-corrected chi connectivity index (χ3v) is 3.40. The van der Waals surface area contributed by atoms with Crippen LogP contribution < -0.4 is 10.7 Å². The number of unbranched alkanes of at least 4 members (excludes halogenated alkanes) is 1. The van der Waals surface area contributed by atoms with Crippen molar-refractivity contribution in [3.05, 3.63) is 29.0 Å². The summed E-state index contributed by atoms with van der Waals surface area (Å²) in [5, 5.41) is 8.51. The number of nitrogens with zero attached hydrogens (tertiary/aromatic N) is 2. The Hall–Kier alpha value is -1.66. The first-order valence-electron chi connectivity index (χ1n) is 6.84. The van der Waals surface area contributed by atoms with Crippen molar-refractivity contribution in [2.24, 2.45) is 5.10 Å². The molecular formula is C14H18ClN5S. The third kappa shape index (κ3) is 4.41. The number of H-pyrrole nitrogens is 1. The van der Waals surface area contributed by atoms with Crippen molar-refractivity contribution in [1.82, 2.24) is 20.7 Å². The zero-order chi connectivity index (χ0) is 15.2. The molecular weight excluding hydrogens is 306 g/mol. The van der Waals surface area contributed by atoms with E-state index in [0.717, 1.165) is 36.1 Å². The summed E-state index contributed by atoms with van der Waals surface area (Å²) in [7, 11) is 0. The van der Waals surface area contributed by atoms with Gasteiger partial charge < -0.3 is 10.3 Å². The number of nitrogens with one attached hydrogen (secondary N) is 3. The molecule has 0 atom stereocenters. The topological polar surface area (TPSA) is 65.1 Å². The van der Waals surface area contributed by atoms with Gasteiger partial charge in [-0.05, 0) is 43.8 Å². The van der Waals surface area contributed by atoms with E-state index in [4.69, 9.17) is 23.8 Å². The standard InChI is InChI=1S/C14H18ClN5S/c1-3-4-7-16-14(21)20-19-9(2)13-17-11-6-5-10(15)8-12(11)18-13/h5-6,8H,3-4,7H2,1-2H3,(H,17,18)(H2,16,20,21)/b19-9+. The van der Waals surface area contributed by atoms with Gasteiger partial charge in [-0.15, -0.1) is 0 Å². The number of aromatic amines is 1. The number of aromatic nitrogens is 2. The van der Waals surface area contributed by atoms with Gasteiger partial charge in [0.1, 0.15) is 5.71 Å². The molecule has 0 bridgehead atoms. The van der Waals surface area contributed by atoms with Crippen molar-refractivity contribution in [2.45, 2.75) is 26.7 Å². The number of hydrazone groups is 1. The quantitative estimate of drug-likeness (QED) is 0.342. The monoisotopic (exact) mass is 323 g/mol. The van der Waals surface area contributed by atoms with Crippen LogP contribution in [0.2, 0.25) is 5.02 Å². The van der Waals surface area contributed by atoms with Crippen LogP contribution in [0.1, 0.15) is 32.5 Å². The van der Waals surface area contributed by atoms with Gasteiger partial charge >= 0.3 is 0 Å². The SMILES string of the molecule is CCCCNC(=S)N/N=C(\C)c1nc2ccc(Cl)cc2[nH]1. The largest absolute Gasteiger partial charge is 0.361 e. The Morgan fingerprint density at radius 1 is 1.48 bits per heavy atom. The summed E-state index contributed by atoms with van der Waals surface area (Å²) in [4.78, 5) is 7.64. The van der Waals surface area contributed by atoms with Gasteiger partial charge in [-0.1, -0.05) is 24.9 Å². The maximum atomic E-state index is 5.95. The number of rotatable bonds is 5. The normalized spacial score (nSPS) is 11.7. The molecule has 7 heteroatoms. The van der Waals surface area contributed by atoms with Gasteiger partial charge in [0.15, 0.2) is 10.9 Å². The maximum absolute atomic E-state index is 5.95. The fourth-order valence-corrected chi connectivity index (χ4v) is 2.08. The molecule has 0 spiro atoms. The number of imidazole rings is 1. The van der Waals surface area contributed by atoms with Gasteiger partial charge in [0, 0.05) is 11.6 Å². The number of hydrogen-bond acceptors (Lipinski definition) is 3. The molecule has 21 heavy (non-hydrogen) atoms. The van der Waals surface area contributed by atoms with Crippen molar-refractivity contribution in [3.63, 3.8) is 0 Å². The molecule has 0 fully saturated rings. The molecule has 1 heterocycles. The summed E-state index contributed by atoms with van der Waals surface area (Å²) in [6.07, 6.45) is 2.20. The van der Waals surface area contributed by atoms with Gasteiger partial charge in [-0.2, -0.15) is 5.10 Å². The molecule has 1 aromatic carbocycles. The van der Waals surface area contributed by atoms with Gasteiger partial charge in [0.2, 0.25) is 0 Å². The predicted octanol–water partition coefficient (Wildman–Crippen LogP) is 3.20. The number of halogens is 1. The fourth-order valence-electron chi connectivity index (χ4n) is 1.76. The molecule has 0 radical (unpaired) electrons. The van der Waals surface area contributed by atoms with Gasteiger partial charge in [-0.25, -0.2) is 4.98 Å². The van der Waals surface area contributed by atoms with Crippen molar-refractivity contribution in [2.75, 3.05) is 6.54 Å². The summed E-state index contributed by atoms with van der Waals surface area (Å²) in [6, 6.07) is 5.52. The van der Waals surface area contributed by atoms with Crippen LogP contribution in [-0.4, -0.2) is 27.3 Å². The second-order valence-electron chi connectivity index (χ2n) is 4.67. The lowest BCUT2D eigenvalue weighted by Crippen LogP contribution is -2.33. The summed E-state index contributed by atoms with van der Waals surface area (Å²) in [5.74, 6) is 0.691. The highest BCUT2D eigenvalue weighted by Gasteiger charge is 2.06. The van der Waals surface area contributed by atoms with E-state index >= 15 is 0 Å². The Balaban J connectivity index is 2.02. The predicted molar refractivity (Wildman–Crippen MR) is 92.0 cm³/mol. The molecule has 1 aromatic heterocycles. The van der Waals surface area contributed by atoms with Crippen LogP contribution in [0.4, 0.5) is 0 Å². The summed E-state index contributed by atoms with van der Waals surface area (Å²) in [6.45, 7) is 4.84. The van der Waals surface area contributed by atoms with E-state index in [1.165, 1.54) is 0 Å². The molecule has 112 valence electrons. The summed E-state index contributed by atoms with van der Waals surface area (Å²) < 4.78 is 0. The van der Waals surface area contributed by atoms with Gasteiger partial charge in [-0.3, -0.25) is 5.43 Å². The van der Waals surface area contributed by atoms with Crippen molar-refractivity contribution >= 4 is 45.7 Å². The van der Waals surface area contributed by atoms with E-state index in [1.54, 1.807) is 0 Å². The Labute approximate surface area is 134 Å². The van der Waals surface area contributed by atoms with Crippen LogP contribution in [0, 0.1) is 0 Å². The van der Waals surface area contributed by atoms with Gasteiger partial charge in [0.05, 0.1) is 11.0 Å². The van der Waals surface area contributed by atoms with Crippen LogP contribution in [0.5, 0.6) is 0 Å². The number of hydrogen-bond donors (Lipinski definition) is 3. The highest BCUT2D eigenvalue weighted by molar-refractivity contribution is 7.80. The molecule has 0 unspecified atom stereocenters. The molecule has 0 amide bonds. The van der Waals surface area contributed by atoms with Crippen LogP contribution in [0.15, 0.2) is 23.3 Å². The number of fused-ring (bicyclic) bond motifs is 1. The van der Waals surface area contributed by atoms with E-state index in [1.807, 2.05) is 25.1 Å². The second kappa shape index (κ2) is 7.38. The Morgan fingerprint density at radius 2 is 2.29 bits per heavy atom. The first-order chi connectivity index (χ1) is 10.1. The molecule has 0 saturated carbocycles. The zero-order valence-electron chi connectivity index (χ0n) is 12.0. The Morgan fingerprint density at radius 3 is 3.05 bits per heavy atom. The minimum atomic E-state index is 0.516. The van der Waals surface area contributed by atoms with Crippen molar-refractivity contribution in [3.8, 4) is 0 Å². The van der Waals surface area contributed by atoms with Crippen LogP contribution >= 0.6 is 23.8 Å². The first kappa shape index (κ1) is 15.7. The van der Waals surface area contributed by atoms with E-state index in [0.29, 0.717) is 16.0 Å². The lowest BCUT2D eigenvalue weighted by Gasteiger charge is -2.06. The first-order valence-corrected chi connectivity index (χ1v) is 7.62. The highest BCUT2D eigenvalue weighted by atomic mass is 35.5. The summed E-state index contributed by atoms with van der Waals surface area (Å²) in [5.41, 5.74) is 5.28. The van der Waals surface area contributed by atoms with Crippen molar-refractivity contribution < 1.29 is 0 Å². The zero-order valence-corrected chi connectivity index (χ0v) is 13.6. The van der Waals surface area contributed by atoms with E-state index in [9.17, 15) is 0 Å². The number of benzene rings is 1. The molecule has 3 N–H and O–H groups in total. The molecule has 2 aromatic rings. The Kier molecular flexibility index (Phi) is 5.52. The minimum absolute atomic E-state index is 0.516. The second-order valence-corrected chi connectivity index (χ2v) is 5.51. The maximum Gasteiger partial charge on any atom is 0.186 e. The Bertz CT molecular complexity index is 664. The van der Waals surface area contributed by atoms with E-state index in [2.05, 4.69) is 32.7 Å². The molecule has 2 rings (SSSR count). The van der Waals surface area contributed by atoms with Crippen LogP contribution in [0.25, 0.3) is 11.0 Å². The van der Waals surface area contributed by atoms with Gasteiger partial charge in [0.25, 0.3) is 0 Å². The molecule has 0 saturated heterocycles. The van der Waals surface area contributed by atoms with Crippen LogP contribution in [-0.2, 0) is 0 Å². The fraction of sp³-hybridized carbons (Fsp3) is 0.357. The molecule has 5 nitrogen and oxygen atoms in total. The lowest BCUT2D eigenvalue weighted by atomic mass is 10.3.